The number of carbonyl (C=O) groups excluding carboxylic acids is 1. The molecule has 0 aliphatic carbocycles. The average molecular weight is 355 g/mol. The van der Waals surface area contributed by atoms with E-state index >= 15 is 0 Å². The van der Waals surface area contributed by atoms with Gasteiger partial charge < -0.3 is 18.5 Å². The third kappa shape index (κ3) is 2.70. The molecule has 136 valence electrons. The van der Waals surface area contributed by atoms with E-state index in [4.69, 9.17) is 13.6 Å². The van der Waals surface area contributed by atoms with Crippen LogP contribution in [0.3, 0.4) is 0 Å². The van der Waals surface area contributed by atoms with Gasteiger partial charge in [0.25, 0.3) is 0 Å². The molecule has 26 heavy (non-hydrogen) atoms. The lowest BCUT2D eigenvalue weighted by Crippen LogP contribution is -2.42. The molecule has 2 aromatic heterocycles. The Balaban J connectivity index is 1.79. The summed E-state index contributed by atoms with van der Waals surface area (Å²) >= 11 is 0. The summed E-state index contributed by atoms with van der Waals surface area (Å²) in [5, 5.41) is 1.84. The van der Waals surface area contributed by atoms with Crippen LogP contribution in [0.25, 0.3) is 21.9 Å². The first-order valence-electron chi connectivity index (χ1n) is 8.77. The molecule has 4 rings (SSSR count). The van der Waals surface area contributed by atoms with Gasteiger partial charge >= 0.3 is 5.63 Å². The lowest BCUT2D eigenvalue weighted by atomic mass is 10.0. The van der Waals surface area contributed by atoms with Crippen molar-refractivity contribution in [1.29, 1.82) is 0 Å². The minimum absolute atomic E-state index is 0.0472. The van der Waals surface area contributed by atoms with Crippen LogP contribution in [0.2, 0.25) is 0 Å². The van der Waals surface area contributed by atoms with E-state index in [0.717, 1.165) is 27.7 Å². The number of morpholine rings is 1. The molecule has 3 aromatic rings. The highest BCUT2D eigenvalue weighted by molar-refractivity contribution is 5.97. The highest BCUT2D eigenvalue weighted by Crippen LogP contribution is 2.31. The van der Waals surface area contributed by atoms with Gasteiger partial charge in [-0.05, 0) is 38.0 Å². The van der Waals surface area contributed by atoms with Gasteiger partial charge in [-0.1, -0.05) is 0 Å². The van der Waals surface area contributed by atoms with E-state index in [2.05, 4.69) is 0 Å². The Morgan fingerprint density at radius 2 is 1.65 bits per heavy atom. The summed E-state index contributed by atoms with van der Waals surface area (Å²) < 4.78 is 16.5. The van der Waals surface area contributed by atoms with Crippen molar-refractivity contribution in [3.8, 4) is 0 Å². The van der Waals surface area contributed by atoms with Gasteiger partial charge in [0.2, 0.25) is 5.91 Å². The Morgan fingerprint density at radius 3 is 2.38 bits per heavy atom. The summed E-state index contributed by atoms with van der Waals surface area (Å²) in [6, 6.07) is 3.74. The number of hydrogen-bond acceptors (Lipinski definition) is 5. The van der Waals surface area contributed by atoms with Crippen LogP contribution in [0.4, 0.5) is 0 Å². The number of amides is 1. The number of carbonyl (C=O) groups is 1. The Kier molecular flexibility index (Phi) is 4.07. The van der Waals surface area contributed by atoms with Gasteiger partial charge in [-0.3, -0.25) is 4.79 Å². The molecular weight excluding hydrogens is 334 g/mol. The molecule has 1 saturated heterocycles. The van der Waals surface area contributed by atoms with E-state index in [1.165, 1.54) is 0 Å². The Bertz CT molecular complexity index is 1070. The van der Waals surface area contributed by atoms with Crippen molar-refractivity contribution in [2.75, 3.05) is 26.3 Å². The first-order chi connectivity index (χ1) is 12.5. The number of benzene rings is 1. The van der Waals surface area contributed by atoms with Crippen LogP contribution in [0.1, 0.15) is 22.5 Å². The molecule has 1 aromatic carbocycles. The summed E-state index contributed by atoms with van der Waals surface area (Å²) in [7, 11) is 0. The molecule has 6 nitrogen and oxygen atoms in total. The van der Waals surface area contributed by atoms with Gasteiger partial charge in [0, 0.05) is 29.9 Å². The molecule has 6 heteroatoms. The van der Waals surface area contributed by atoms with E-state index in [1.54, 1.807) is 11.0 Å². The maximum absolute atomic E-state index is 12.6. The monoisotopic (exact) mass is 355 g/mol. The zero-order valence-electron chi connectivity index (χ0n) is 15.2. The lowest BCUT2D eigenvalue weighted by Gasteiger charge is -2.26. The number of aryl methyl sites for hydroxylation is 3. The second-order valence-corrected chi connectivity index (χ2v) is 6.79. The average Bonchev–Trinajstić information content (AvgIpc) is 2.91. The molecule has 0 radical (unpaired) electrons. The molecular formula is C20H21NO5. The first kappa shape index (κ1) is 16.8. The Labute approximate surface area is 150 Å². The van der Waals surface area contributed by atoms with Crippen molar-refractivity contribution in [3.63, 3.8) is 0 Å². The number of ether oxygens (including phenoxy) is 1. The summed E-state index contributed by atoms with van der Waals surface area (Å²) in [4.78, 5) is 26.8. The van der Waals surface area contributed by atoms with Crippen molar-refractivity contribution in [3.05, 3.63) is 45.0 Å². The highest BCUT2D eigenvalue weighted by Gasteiger charge is 2.21. The number of furan rings is 1. The predicted molar refractivity (Wildman–Crippen MR) is 97.6 cm³/mol. The van der Waals surface area contributed by atoms with E-state index in [9.17, 15) is 9.59 Å². The fourth-order valence-electron chi connectivity index (χ4n) is 3.50. The van der Waals surface area contributed by atoms with Crippen molar-refractivity contribution in [2.45, 2.75) is 27.2 Å². The maximum atomic E-state index is 12.6. The van der Waals surface area contributed by atoms with Gasteiger partial charge in [0.15, 0.2) is 0 Å². The summed E-state index contributed by atoms with van der Waals surface area (Å²) in [5.41, 5.74) is 3.00. The molecule has 1 fully saturated rings. The molecule has 3 heterocycles. The minimum atomic E-state index is -0.462. The minimum Gasteiger partial charge on any atom is -0.461 e. The Morgan fingerprint density at radius 1 is 1.00 bits per heavy atom. The van der Waals surface area contributed by atoms with E-state index in [0.29, 0.717) is 43.0 Å². The molecule has 0 bridgehead atoms. The molecule has 1 amide bonds. The number of fused-ring (bicyclic) bond motifs is 2. The van der Waals surface area contributed by atoms with Crippen LogP contribution >= 0.6 is 0 Å². The lowest BCUT2D eigenvalue weighted by molar-refractivity contribution is -0.134. The van der Waals surface area contributed by atoms with E-state index in [-0.39, 0.29) is 12.3 Å². The van der Waals surface area contributed by atoms with Gasteiger partial charge in [0.05, 0.1) is 25.2 Å². The van der Waals surface area contributed by atoms with Gasteiger partial charge in [-0.2, -0.15) is 0 Å². The zero-order valence-corrected chi connectivity index (χ0v) is 15.2. The molecule has 0 unspecified atom stereocenters. The number of rotatable bonds is 2. The first-order valence-corrected chi connectivity index (χ1v) is 8.77. The molecule has 0 N–H and O–H groups in total. The second-order valence-electron chi connectivity index (χ2n) is 6.79. The summed E-state index contributed by atoms with van der Waals surface area (Å²) in [6.07, 6.45) is 0.0472. The largest absolute Gasteiger partial charge is 0.461 e. The van der Waals surface area contributed by atoms with Crippen LogP contribution in [0.5, 0.6) is 0 Å². The summed E-state index contributed by atoms with van der Waals surface area (Å²) in [5.74, 6) is 0.775. The number of nitrogens with zero attached hydrogens (tertiary/aromatic N) is 1. The van der Waals surface area contributed by atoms with Crippen LogP contribution in [-0.2, 0) is 16.0 Å². The topological polar surface area (TPSA) is 72.9 Å². The second kappa shape index (κ2) is 6.29. The van der Waals surface area contributed by atoms with E-state index in [1.807, 2.05) is 26.8 Å². The SMILES string of the molecule is Cc1oc2cc3oc(=O)c(CC(=O)N4CCOCC4)c(C)c3cc2c1C. The van der Waals surface area contributed by atoms with Crippen molar-refractivity contribution in [2.24, 2.45) is 0 Å². The smallest absolute Gasteiger partial charge is 0.340 e. The van der Waals surface area contributed by atoms with E-state index < -0.39 is 5.63 Å². The molecule has 0 saturated carbocycles. The third-order valence-corrected chi connectivity index (χ3v) is 5.27. The fourth-order valence-corrected chi connectivity index (χ4v) is 3.50. The van der Waals surface area contributed by atoms with Crippen molar-refractivity contribution in [1.82, 2.24) is 4.90 Å². The van der Waals surface area contributed by atoms with Crippen LogP contribution in [0, 0.1) is 20.8 Å². The quantitative estimate of drug-likeness (QED) is 0.661. The predicted octanol–water partition coefficient (Wildman–Crippen LogP) is 2.87. The molecule has 1 aliphatic rings. The normalized spacial score (nSPS) is 15.1. The maximum Gasteiger partial charge on any atom is 0.340 e. The molecule has 1 aliphatic heterocycles. The molecule has 0 spiro atoms. The van der Waals surface area contributed by atoms with Crippen LogP contribution < -0.4 is 5.63 Å². The number of hydrogen-bond donors (Lipinski definition) is 0. The Hall–Kier alpha value is -2.60. The fraction of sp³-hybridized carbons (Fsp3) is 0.400. The van der Waals surface area contributed by atoms with Crippen LogP contribution in [0.15, 0.2) is 25.8 Å². The zero-order chi connectivity index (χ0) is 18.4. The summed E-state index contributed by atoms with van der Waals surface area (Å²) in [6.45, 7) is 7.98. The van der Waals surface area contributed by atoms with Crippen molar-refractivity contribution < 1.29 is 18.4 Å². The standard InChI is InChI=1S/C20H21NO5/c1-11-13(3)25-17-10-18-15(8-14(11)17)12(2)16(20(23)26-18)9-19(22)21-4-6-24-7-5-21/h8,10H,4-7,9H2,1-3H3. The highest BCUT2D eigenvalue weighted by atomic mass is 16.5. The third-order valence-electron chi connectivity index (χ3n) is 5.27. The van der Waals surface area contributed by atoms with Gasteiger partial charge in [0.1, 0.15) is 16.9 Å². The van der Waals surface area contributed by atoms with Crippen LogP contribution in [-0.4, -0.2) is 37.1 Å². The van der Waals surface area contributed by atoms with Gasteiger partial charge in [-0.25, -0.2) is 4.79 Å². The van der Waals surface area contributed by atoms with Crippen molar-refractivity contribution >= 4 is 27.8 Å². The van der Waals surface area contributed by atoms with Gasteiger partial charge in [-0.15, -0.1) is 0 Å². The molecule has 0 atom stereocenters.